The van der Waals surface area contributed by atoms with E-state index < -0.39 is 10.0 Å². The van der Waals surface area contributed by atoms with Crippen molar-refractivity contribution in [3.05, 3.63) is 29.8 Å². The van der Waals surface area contributed by atoms with Gasteiger partial charge >= 0.3 is 0 Å². The Hall–Kier alpha value is -1.60. The SMILES string of the molecule is CCCS(=O)(=O)N1CCN(C(=O)c2ccccc2N)CC1. The number of piperazine rings is 1. The number of sulfonamides is 1. The maximum atomic E-state index is 12.4. The Bertz CT molecular complexity index is 608. The third-order valence-corrected chi connectivity index (χ3v) is 5.65. The normalized spacial score (nSPS) is 16.9. The molecule has 1 aliphatic rings. The number of amides is 1. The van der Waals surface area contributed by atoms with Crippen LogP contribution in [0.2, 0.25) is 0 Å². The number of nitrogen functional groups attached to an aromatic ring is 1. The predicted octanol–water partition coefficient (Wildman–Crippen LogP) is 0.766. The van der Waals surface area contributed by atoms with E-state index in [4.69, 9.17) is 5.73 Å². The van der Waals surface area contributed by atoms with Crippen LogP contribution in [0.4, 0.5) is 5.69 Å². The molecule has 1 aliphatic heterocycles. The molecule has 0 aromatic heterocycles. The van der Waals surface area contributed by atoms with Crippen molar-refractivity contribution in [3.8, 4) is 0 Å². The number of carbonyl (C=O) groups excluding carboxylic acids is 1. The summed E-state index contributed by atoms with van der Waals surface area (Å²) in [5.74, 6) is 0.0210. The molecule has 1 heterocycles. The summed E-state index contributed by atoms with van der Waals surface area (Å²) in [6.45, 7) is 3.34. The van der Waals surface area contributed by atoms with E-state index in [0.29, 0.717) is 43.9 Å². The zero-order chi connectivity index (χ0) is 15.5. The number of para-hydroxylation sites is 1. The summed E-state index contributed by atoms with van der Waals surface area (Å²) in [7, 11) is -3.18. The van der Waals surface area contributed by atoms with Gasteiger partial charge in [0.05, 0.1) is 11.3 Å². The zero-order valence-corrected chi connectivity index (χ0v) is 13.0. The average Bonchev–Trinajstić information content (AvgIpc) is 2.47. The first-order chi connectivity index (χ1) is 9.95. The predicted molar refractivity (Wildman–Crippen MR) is 82.4 cm³/mol. The standard InChI is InChI=1S/C14H21N3O3S/c1-2-11-21(19,20)17-9-7-16(8-10-17)14(18)12-5-3-4-6-13(12)15/h3-6H,2,7-11,15H2,1H3. The highest BCUT2D eigenvalue weighted by molar-refractivity contribution is 7.89. The lowest BCUT2D eigenvalue weighted by molar-refractivity contribution is 0.0699. The fraction of sp³-hybridized carbons (Fsp3) is 0.500. The van der Waals surface area contributed by atoms with Crippen LogP contribution in [0.5, 0.6) is 0 Å². The van der Waals surface area contributed by atoms with Crippen molar-refractivity contribution in [2.45, 2.75) is 13.3 Å². The molecule has 1 saturated heterocycles. The maximum Gasteiger partial charge on any atom is 0.256 e. The molecule has 1 aromatic carbocycles. The van der Waals surface area contributed by atoms with Gasteiger partial charge in [-0.15, -0.1) is 0 Å². The number of hydrogen-bond acceptors (Lipinski definition) is 4. The van der Waals surface area contributed by atoms with Gasteiger partial charge in [0.2, 0.25) is 10.0 Å². The molecule has 2 rings (SSSR count). The van der Waals surface area contributed by atoms with Gasteiger partial charge in [-0.05, 0) is 18.6 Å². The largest absolute Gasteiger partial charge is 0.398 e. The summed E-state index contributed by atoms with van der Waals surface area (Å²) in [6, 6.07) is 6.93. The average molecular weight is 311 g/mol. The lowest BCUT2D eigenvalue weighted by atomic mass is 10.1. The lowest BCUT2D eigenvalue weighted by Gasteiger charge is -2.34. The van der Waals surface area contributed by atoms with Crippen LogP contribution in [0.3, 0.4) is 0 Å². The molecular formula is C14H21N3O3S. The highest BCUT2D eigenvalue weighted by Gasteiger charge is 2.28. The van der Waals surface area contributed by atoms with E-state index in [1.54, 1.807) is 29.2 Å². The molecule has 0 saturated carbocycles. The van der Waals surface area contributed by atoms with Crippen molar-refractivity contribution < 1.29 is 13.2 Å². The minimum Gasteiger partial charge on any atom is -0.398 e. The summed E-state index contributed by atoms with van der Waals surface area (Å²) < 4.78 is 25.4. The Morgan fingerprint density at radius 3 is 2.38 bits per heavy atom. The molecular weight excluding hydrogens is 290 g/mol. The van der Waals surface area contributed by atoms with Crippen molar-refractivity contribution in [3.63, 3.8) is 0 Å². The van der Waals surface area contributed by atoms with Crippen LogP contribution in [0.1, 0.15) is 23.7 Å². The molecule has 21 heavy (non-hydrogen) atoms. The highest BCUT2D eigenvalue weighted by atomic mass is 32.2. The van der Waals surface area contributed by atoms with Gasteiger partial charge in [-0.3, -0.25) is 4.79 Å². The fourth-order valence-electron chi connectivity index (χ4n) is 2.42. The van der Waals surface area contributed by atoms with E-state index >= 15 is 0 Å². The van der Waals surface area contributed by atoms with Crippen LogP contribution in [0.15, 0.2) is 24.3 Å². The smallest absolute Gasteiger partial charge is 0.256 e. The van der Waals surface area contributed by atoms with E-state index in [1.807, 2.05) is 6.92 Å². The fourth-order valence-corrected chi connectivity index (χ4v) is 3.91. The second-order valence-electron chi connectivity index (χ2n) is 5.09. The Kier molecular flexibility index (Phi) is 4.84. The molecule has 1 amide bonds. The summed E-state index contributed by atoms with van der Waals surface area (Å²) >= 11 is 0. The first-order valence-corrected chi connectivity index (χ1v) is 8.68. The Morgan fingerprint density at radius 1 is 1.19 bits per heavy atom. The minimum atomic E-state index is -3.18. The summed E-state index contributed by atoms with van der Waals surface area (Å²) in [4.78, 5) is 14.0. The molecule has 0 aliphatic carbocycles. The number of anilines is 1. The van der Waals surface area contributed by atoms with Gasteiger partial charge in [-0.2, -0.15) is 4.31 Å². The molecule has 1 fully saturated rings. The van der Waals surface area contributed by atoms with Gasteiger partial charge in [0.1, 0.15) is 0 Å². The summed E-state index contributed by atoms with van der Waals surface area (Å²) in [6.07, 6.45) is 0.599. The summed E-state index contributed by atoms with van der Waals surface area (Å²) in [5.41, 5.74) is 6.73. The molecule has 0 unspecified atom stereocenters. The topological polar surface area (TPSA) is 83.7 Å². The van der Waals surface area contributed by atoms with Crippen molar-refractivity contribution in [1.29, 1.82) is 0 Å². The first-order valence-electron chi connectivity index (χ1n) is 7.07. The van der Waals surface area contributed by atoms with Gasteiger partial charge in [0.25, 0.3) is 5.91 Å². The molecule has 6 nitrogen and oxygen atoms in total. The number of carbonyl (C=O) groups is 1. The third kappa shape index (κ3) is 3.54. The number of nitrogens with two attached hydrogens (primary N) is 1. The van der Waals surface area contributed by atoms with E-state index in [0.717, 1.165) is 0 Å². The van der Waals surface area contributed by atoms with Gasteiger partial charge in [-0.1, -0.05) is 19.1 Å². The van der Waals surface area contributed by atoms with Gasteiger partial charge in [0, 0.05) is 31.9 Å². The maximum absolute atomic E-state index is 12.4. The van der Waals surface area contributed by atoms with Crippen LogP contribution < -0.4 is 5.73 Å². The molecule has 0 atom stereocenters. The Morgan fingerprint density at radius 2 is 1.81 bits per heavy atom. The van der Waals surface area contributed by atoms with Crippen molar-refractivity contribution in [2.75, 3.05) is 37.7 Å². The highest BCUT2D eigenvalue weighted by Crippen LogP contribution is 2.16. The van der Waals surface area contributed by atoms with Crippen LogP contribution in [0, 0.1) is 0 Å². The Labute approximate surface area is 125 Å². The van der Waals surface area contributed by atoms with Crippen LogP contribution in [-0.2, 0) is 10.0 Å². The quantitative estimate of drug-likeness (QED) is 0.832. The molecule has 1 aromatic rings. The van der Waals surface area contributed by atoms with Crippen LogP contribution >= 0.6 is 0 Å². The first kappa shape index (κ1) is 15.8. The minimum absolute atomic E-state index is 0.138. The lowest BCUT2D eigenvalue weighted by Crippen LogP contribution is -2.51. The molecule has 7 heteroatoms. The molecule has 2 N–H and O–H groups in total. The van der Waals surface area contributed by atoms with Gasteiger partial charge in [-0.25, -0.2) is 8.42 Å². The van der Waals surface area contributed by atoms with E-state index in [2.05, 4.69) is 0 Å². The molecule has 0 radical (unpaired) electrons. The zero-order valence-electron chi connectivity index (χ0n) is 12.2. The van der Waals surface area contributed by atoms with Crippen molar-refractivity contribution >= 4 is 21.6 Å². The summed E-state index contributed by atoms with van der Waals surface area (Å²) in [5, 5.41) is 0. The van der Waals surface area contributed by atoms with Crippen LogP contribution in [-0.4, -0.2) is 55.5 Å². The van der Waals surface area contributed by atoms with E-state index in [-0.39, 0.29) is 11.7 Å². The number of nitrogens with zero attached hydrogens (tertiary/aromatic N) is 2. The molecule has 116 valence electrons. The van der Waals surface area contributed by atoms with Crippen LogP contribution in [0.25, 0.3) is 0 Å². The van der Waals surface area contributed by atoms with Crippen molar-refractivity contribution in [2.24, 2.45) is 0 Å². The number of hydrogen-bond donors (Lipinski definition) is 1. The monoisotopic (exact) mass is 311 g/mol. The molecule has 0 bridgehead atoms. The van der Waals surface area contributed by atoms with Gasteiger partial charge in [0.15, 0.2) is 0 Å². The van der Waals surface area contributed by atoms with E-state index in [1.165, 1.54) is 4.31 Å². The number of rotatable bonds is 4. The molecule has 0 spiro atoms. The third-order valence-electron chi connectivity index (χ3n) is 3.57. The Balaban J connectivity index is 2.02. The number of benzene rings is 1. The second-order valence-corrected chi connectivity index (χ2v) is 7.18. The van der Waals surface area contributed by atoms with Gasteiger partial charge < -0.3 is 10.6 Å². The second kappa shape index (κ2) is 6.44. The van der Waals surface area contributed by atoms with Crippen molar-refractivity contribution in [1.82, 2.24) is 9.21 Å². The van der Waals surface area contributed by atoms with E-state index in [9.17, 15) is 13.2 Å².